The first-order chi connectivity index (χ1) is 12.2. The van der Waals surface area contributed by atoms with Crippen LogP contribution in [0.5, 0.6) is 0 Å². The Morgan fingerprint density at radius 1 is 1.00 bits per heavy atom. The third-order valence-electron chi connectivity index (χ3n) is 4.22. The summed E-state index contributed by atoms with van der Waals surface area (Å²) in [4.78, 5) is 24.9. The molecule has 26 heavy (non-hydrogen) atoms. The van der Waals surface area contributed by atoms with Gasteiger partial charge in [0.15, 0.2) is 0 Å². The van der Waals surface area contributed by atoms with E-state index >= 15 is 0 Å². The summed E-state index contributed by atoms with van der Waals surface area (Å²) in [5.41, 5.74) is 1.48. The van der Waals surface area contributed by atoms with Crippen LogP contribution in [0.4, 0.5) is 5.69 Å². The zero-order valence-corrected chi connectivity index (χ0v) is 15.4. The molecule has 2 rings (SSSR count). The van der Waals surface area contributed by atoms with Crippen molar-refractivity contribution < 1.29 is 14.8 Å². The van der Waals surface area contributed by atoms with E-state index in [0.717, 1.165) is 0 Å². The minimum Gasteiger partial charge on any atom is -0.384 e. The fourth-order valence-corrected chi connectivity index (χ4v) is 3.02. The number of aliphatic hydroxyl groups excluding tert-OH is 1. The van der Waals surface area contributed by atoms with Crippen molar-refractivity contribution in [2.75, 3.05) is 0 Å². The summed E-state index contributed by atoms with van der Waals surface area (Å²) in [5.74, 6) is -0.0635. The maximum Gasteiger partial charge on any atom is 0.269 e. The predicted octanol–water partition coefficient (Wildman–Crippen LogP) is 3.94. The summed E-state index contributed by atoms with van der Waals surface area (Å²) in [6.45, 7) is 7.88. The highest BCUT2D eigenvalue weighted by molar-refractivity contribution is 5.94. The average molecular weight is 356 g/mol. The number of nitrogens with zero attached hydrogens (tertiary/aromatic N) is 2. The lowest BCUT2D eigenvalue weighted by Gasteiger charge is -2.31. The molecule has 0 bridgehead atoms. The van der Waals surface area contributed by atoms with E-state index in [2.05, 4.69) is 0 Å². The highest BCUT2D eigenvalue weighted by Gasteiger charge is 2.22. The number of non-ortho nitro benzene ring substituents is 1. The molecule has 0 saturated carbocycles. The van der Waals surface area contributed by atoms with Gasteiger partial charge in [0, 0.05) is 29.8 Å². The fraction of sp³-hybridized carbons (Fsp3) is 0.350. The molecule has 0 fully saturated rings. The Balaban J connectivity index is 2.25. The molecule has 0 radical (unpaired) electrons. The van der Waals surface area contributed by atoms with E-state index in [1.807, 2.05) is 27.7 Å². The molecule has 1 atom stereocenters. The number of benzene rings is 2. The van der Waals surface area contributed by atoms with E-state index in [4.69, 9.17) is 0 Å². The number of rotatable bonds is 6. The zero-order chi connectivity index (χ0) is 19.4. The van der Waals surface area contributed by atoms with Gasteiger partial charge in [-0.1, -0.05) is 24.3 Å². The van der Waals surface area contributed by atoms with Crippen LogP contribution in [0.3, 0.4) is 0 Å². The van der Waals surface area contributed by atoms with Crippen molar-refractivity contribution in [1.29, 1.82) is 0 Å². The first-order valence-electron chi connectivity index (χ1n) is 8.57. The second kappa shape index (κ2) is 8.10. The van der Waals surface area contributed by atoms with Gasteiger partial charge in [-0.05, 0) is 51.0 Å². The molecule has 0 aromatic heterocycles. The Morgan fingerprint density at radius 3 is 2.08 bits per heavy atom. The fourth-order valence-electron chi connectivity index (χ4n) is 3.02. The van der Waals surface area contributed by atoms with Gasteiger partial charge in [0.1, 0.15) is 6.10 Å². The zero-order valence-electron chi connectivity index (χ0n) is 15.4. The van der Waals surface area contributed by atoms with E-state index in [1.54, 1.807) is 35.2 Å². The number of nitro groups is 1. The molecule has 1 N–H and O–H groups in total. The van der Waals surface area contributed by atoms with Gasteiger partial charge in [0.25, 0.3) is 11.6 Å². The van der Waals surface area contributed by atoms with E-state index in [9.17, 15) is 20.0 Å². The average Bonchev–Trinajstić information content (AvgIpc) is 2.60. The van der Waals surface area contributed by atoms with E-state index < -0.39 is 11.0 Å². The van der Waals surface area contributed by atoms with Gasteiger partial charge in [-0.15, -0.1) is 0 Å². The number of hydrogen-bond donors (Lipinski definition) is 1. The summed E-state index contributed by atoms with van der Waals surface area (Å²) in [6, 6.07) is 12.8. The van der Waals surface area contributed by atoms with Crippen molar-refractivity contribution in [2.24, 2.45) is 0 Å². The number of nitro benzene ring substituents is 1. The molecule has 138 valence electrons. The van der Waals surface area contributed by atoms with Crippen molar-refractivity contribution in [3.05, 3.63) is 75.3 Å². The number of amides is 1. The smallest absolute Gasteiger partial charge is 0.269 e. The third kappa shape index (κ3) is 4.26. The number of carbonyl (C=O) groups excluding carboxylic acids is 1. The molecule has 1 unspecified atom stereocenters. The van der Waals surface area contributed by atoms with Gasteiger partial charge in [-0.2, -0.15) is 0 Å². The number of carbonyl (C=O) groups is 1. The lowest BCUT2D eigenvalue weighted by Crippen LogP contribution is -2.42. The molecule has 6 heteroatoms. The molecular weight excluding hydrogens is 332 g/mol. The lowest BCUT2D eigenvalue weighted by atomic mass is 9.99. The maximum absolute atomic E-state index is 12.7. The maximum atomic E-state index is 12.7. The van der Waals surface area contributed by atoms with Gasteiger partial charge >= 0.3 is 0 Å². The van der Waals surface area contributed by atoms with Gasteiger partial charge in [0.05, 0.1) is 4.92 Å². The topological polar surface area (TPSA) is 83.7 Å². The standard InChI is InChI=1S/C20H24N2O4/c1-13(2)21(14(3)4)20(24)16-10-8-15(9-11-16)19(23)17-6-5-7-18(12-17)22(25)26/h5-14,19,23H,1-4H3. The molecular formula is C20H24N2O4. The summed E-state index contributed by atoms with van der Waals surface area (Å²) >= 11 is 0. The van der Waals surface area contributed by atoms with Crippen LogP contribution in [0.15, 0.2) is 48.5 Å². The third-order valence-corrected chi connectivity index (χ3v) is 4.22. The Labute approximate surface area is 153 Å². The molecule has 2 aromatic carbocycles. The summed E-state index contributed by atoms with van der Waals surface area (Å²) < 4.78 is 0. The predicted molar refractivity (Wildman–Crippen MR) is 100 cm³/mol. The molecule has 0 saturated heterocycles. The van der Waals surface area contributed by atoms with Gasteiger partial charge < -0.3 is 10.0 Å². The van der Waals surface area contributed by atoms with Crippen LogP contribution < -0.4 is 0 Å². The minimum absolute atomic E-state index is 0.0635. The number of hydrogen-bond acceptors (Lipinski definition) is 4. The summed E-state index contributed by atoms with van der Waals surface area (Å²) in [5, 5.41) is 21.4. The van der Waals surface area contributed by atoms with Crippen LogP contribution in [-0.2, 0) is 0 Å². The van der Waals surface area contributed by atoms with Crippen molar-refractivity contribution in [2.45, 2.75) is 45.9 Å². The minimum atomic E-state index is -0.995. The van der Waals surface area contributed by atoms with Crippen molar-refractivity contribution >= 4 is 11.6 Å². The lowest BCUT2D eigenvalue weighted by molar-refractivity contribution is -0.385. The van der Waals surface area contributed by atoms with Crippen LogP contribution >= 0.6 is 0 Å². The van der Waals surface area contributed by atoms with Gasteiger partial charge in [0.2, 0.25) is 0 Å². The molecule has 1 amide bonds. The Bertz CT molecular complexity index is 777. The second-order valence-electron chi connectivity index (χ2n) is 6.78. The molecule has 0 spiro atoms. The summed E-state index contributed by atoms with van der Waals surface area (Å²) in [6.07, 6.45) is -0.995. The normalized spacial score (nSPS) is 12.3. The van der Waals surface area contributed by atoms with Gasteiger partial charge in [-0.25, -0.2) is 0 Å². The van der Waals surface area contributed by atoms with E-state index in [0.29, 0.717) is 16.7 Å². The SMILES string of the molecule is CC(C)N(C(=O)c1ccc(C(O)c2cccc([N+](=O)[O-])c2)cc1)C(C)C. The van der Waals surface area contributed by atoms with Crippen molar-refractivity contribution in [3.8, 4) is 0 Å². The van der Waals surface area contributed by atoms with Crippen LogP contribution in [0.25, 0.3) is 0 Å². The summed E-state index contributed by atoms with van der Waals surface area (Å²) in [7, 11) is 0. The number of aliphatic hydroxyl groups is 1. The van der Waals surface area contributed by atoms with E-state index in [-0.39, 0.29) is 23.7 Å². The quantitative estimate of drug-likeness (QED) is 0.628. The molecule has 0 aliphatic rings. The van der Waals surface area contributed by atoms with Crippen LogP contribution in [0.2, 0.25) is 0 Å². The van der Waals surface area contributed by atoms with Gasteiger partial charge in [-0.3, -0.25) is 14.9 Å². The van der Waals surface area contributed by atoms with Crippen LogP contribution in [0.1, 0.15) is 55.3 Å². The second-order valence-corrected chi connectivity index (χ2v) is 6.78. The van der Waals surface area contributed by atoms with Crippen LogP contribution in [-0.4, -0.2) is 32.9 Å². The first kappa shape index (κ1) is 19.6. The largest absolute Gasteiger partial charge is 0.384 e. The highest BCUT2D eigenvalue weighted by atomic mass is 16.6. The Kier molecular flexibility index (Phi) is 6.10. The van der Waals surface area contributed by atoms with Crippen LogP contribution in [0, 0.1) is 10.1 Å². The monoisotopic (exact) mass is 356 g/mol. The Hall–Kier alpha value is -2.73. The van der Waals surface area contributed by atoms with Crippen molar-refractivity contribution in [3.63, 3.8) is 0 Å². The first-order valence-corrected chi connectivity index (χ1v) is 8.57. The molecule has 0 heterocycles. The molecule has 0 aliphatic heterocycles. The van der Waals surface area contributed by atoms with E-state index in [1.165, 1.54) is 18.2 Å². The molecule has 2 aromatic rings. The Morgan fingerprint density at radius 2 is 1.58 bits per heavy atom. The molecule has 6 nitrogen and oxygen atoms in total. The molecule has 0 aliphatic carbocycles. The highest BCUT2D eigenvalue weighted by Crippen LogP contribution is 2.25. The van der Waals surface area contributed by atoms with Crippen molar-refractivity contribution in [1.82, 2.24) is 4.90 Å².